The van der Waals surface area contributed by atoms with Gasteiger partial charge in [0.1, 0.15) is 40.3 Å². The highest BCUT2D eigenvalue weighted by Gasteiger charge is 2.69. The minimum Gasteiger partial charge on any atom is -0.363 e. The van der Waals surface area contributed by atoms with E-state index in [2.05, 4.69) is 15.6 Å². The molecule has 7 heterocycles. The van der Waals surface area contributed by atoms with Gasteiger partial charge in [0.2, 0.25) is 23.6 Å². The van der Waals surface area contributed by atoms with Crippen molar-refractivity contribution in [1.82, 2.24) is 44.4 Å². The van der Waals surface area contributed by atoms with E-state index in [0.29, 0.717) is 88.1 Å². The van der Waals surface area contributed by atoms with Gasteiger partial charge in [0.15, 0.2) is 0 Å². The number of carbonyl (C=O) groups excluding carboxylic acids is 4. The lowest BCUT2D eigenvalue weighted by Gasteiger charge is -2.43. The molecule has 3 unspecified atom stereocenters. The maximum Gasteiger partial charge on any atom is 0.419 e. The lowest BCUT2D eigenvalue weighted by Crippen LogP contribution is -2.56. The third kappa shape index (κ3) is 9.10. The van der Waals surface area contributed by atoms with E-state index in [4.69, 9.17) is 15.0 Å². The summed E-state index contributed by atoms with van der Waals surface area (Å²) in [5.41, 5.74) is -5.54. The quantitative estimate of drug-likeness (QED) is 0.139. The van der Waals surface area contributed by atoms with Gasteiger partial charge in [-0.3, -0.25) is 19.2 Å². The van der Waals surface area contributed by atoms with Crippen LogP contribution in [-0.4, -0.2) is 126 Å². The molecule has 12 rings (SSSR count). The fourth-order valence-corrected chi connectivity index (χ4v) is 13.8. The second-order valence-corrected chi connectivity index (χ2v) is 23.8. The van der Waals surface area contributed by atoms with Crippen molar-refractivity contribution in [2.75, 3.05) is 56.9 Å². The largest absolute Gasteiger partial charge is 0.419 e. The number of hydrogen-bond acceptors (Lipinski definition) is 11. The zero-order chi connectivity index (χ0) is 56.7. The number of hydrogen-bond donors (Lipinski definition) is 2. The Morgan fingerprint density at radius 2 is 1.21 bits per heavy atom. The molecular weight excluding hydrogens is 1050 g/mol. The van der Waals surface area contributed by atoms with Gasteiger partial charge in [-0.2, -0.15) is 26.3 Å². The van der Waals surface area contributed by atoms with E-state index < -0.39 is 81.5 Å². The lowest BCUT2D eigenvalue weighted by atomic mass is 9.76. The molecule has 5 aliphatic heterocycles. The molecule has 6 atom stereocenters. The smallest absolute Gasteiger partial charge is 0.363 e. The van der Waals surface area contributed by atoms with E-state index in [0.717, 1.165) is 31.7 Å². The van der Waals surface area contributed by atoms with Crippen molar-refractivity contribution in [1.29, 1.82) is 0 Å². The number of aryl methyl sites for hydroxylation is 2. The topological polar surface area (TPSA) is 160 Å². The summed E-state index contributed by atoms with van der Waals surface area (Å²) in [6.07, 6.45) is -5.45. The first-order valence-electron chi connectivity index (χ1n) is 27.8. The van der Waals surface area contributed by atoms with Crippen molar-refractivity contribution in [2.45, 2.75) is 152 Å². The van der Waals surface area contributed by atoms with Crippen LogP contribution in [0.25, 0.3) is 0 Å². The molecule has 3 aliphatic carbocycles. The number of halogens is 8. The number of benzene rings is 2. The molecule has 0 radical (unpaired) electrons. The SMILES string of the molecule is Cc1nc(N[C@H](C)c2ccc(C3CC34C(=O)N(C3CCN(C(=O)C5CC5)CC3)Cc3c(N[C@H](C)c5cccc(C(F)(F)F)c5F)nc(C)nc34)c(C(F)(F)F)c2F)c2c(n1)C1(CCN(C)C1)C(=O)N([C@@H]1CCN(C(=O)C3CC3)C1)C2. The van der Waals surface area contributed by atoms with Crippen molar-refractivity contribution in [3.8, 4) is 0 Å². The van der Waals surface area contributed by atoms with Crippen molar-refractivity contribution < 1.29 is 54.3 Å². The summed E-state index contributed by atoms with van der Waals surface area (Å²) >= 11 is 0. The Balaban J connectivity index is 0.890. The molecule has 2 spiro atoms. The maximum absolute atomic E-state index is 17.5. The molecule has 80 heavy (non-hydrogen) atoms. The molecule has 6 fully saturated rings. The van der Waals surface area contributed by atoms with Gasteiger partial charge in [0.25, 0.3) is 0 Å². The Morgan fingerprint density at radius 1 is 0.662 bits per heavy atom. The molecule has 0 bridgehead atoms. The van der Waals surface area contributed by atoms with Crippen LogP contribution < -0.4 is 10.6 Å². The number of anilines is 2. The number of likely N-dealkylation sites (tertiary alicyclic amines) is 3. The fraction of sp³-hybridized carbons (Fsp3) is 0.579. The molecule has 2 N–H and O–H groups in total. The molecule has 2 aromatic heterocycles. The first kappa shape index (κ1) is 54.1. The highest BCUT2D eigenvalue weighted by Crippen LogP contribution is 2.66. The summed E-state index contributed by atoms with van der Waals surface area (Å²) in [5, 5.41) is 6.29. The number of carbonyl (C=O) groups is 4. The number of amides is 4. The Hall–Kier alpha value is -6.52. The van der Waals surface area contributed by atoms with Crippen molar-refractivity contribution in [2.24, 2.45) is 11.8 Å². The lowest BCUT2D eigenvalue weighted by molar-refractivity contribution is -0.143. The first-order valence-corrected chi connectivity index (χ1v) is 27.8. The minimum absolute atomic E-state index is 0.0120. The minimum atomic E-state index is -5.28. The average Bonchev–Trinajstić information content (AvgIpc) is 3.64. The first-order chi connectivity index (χ1) is 37.9. The van der Waals surface area contributed by atoms with Crippen molar-refractivity contribution in [3.63, 3.8) is 0 Å². The number of fused-ring (bicyclic) bond motifs is 4. The number of alkyl halides is 6. The van der Waals surface area contributed by atoms with Crippen molar-refractivity contribution >= 4 is 35.3 Å². The molecule has 3 saturated heterocycles. The number of piperidine rings is 1. The highest BCUT2D eigenvalue weighted by atomic mass is 19.4. The standard InChI is InChI=1S/C57H63F8N11O4/c1-28(36-7-6-8-41(44(36)58)56(60,61)62)66-49-40-26-75(34-15-19-73(20-16-34)50(77)32-9-10-32)53(80)55(47(40)69-31(4)71-49)23-42(55)38-14-13-37(45(59)43(38)57(63,64)65)29(2)67-48-39-25-76(35-17-21-74(24-35)51(78)33-11-12-33)52(79)54(18-22-72(5)27-54)46(39)68-30(3)70-48/h6-8,13-14,28-29,32-35,42H,9-12,15-27H2,1-5H3,(H,66,69,71)(H,67,68,70)/t28-,29-,35-,42?,54?,55?/m1/s1. The zero-order valence-corrected chi connectivity index (χ0v) is 45.1. The Morgan fingerprint density at radius 3 is 1.79 bits per heavy atom. The fourth-order valence-electron chi connectivity index (χ4n) is 13.8. The van der Waals surface area contributed by atoms with Gasteiger partial charge in [-0.1, -0.05) is 24.3 Å². The monoisotopic (exact) mass is 1120 g/mol. The number of rotatable bonds is 11. The van der Waals surface area contributed by atoms with Crippen LogP contribution in [-0.2, 0) is 55.5 Å². The van der Waals surface area contributed by atoms with Crippen LogP contribution in [0.3, 0.4) is 0 Å². The number of nitrogens with one attached hydrogen (secondary N) is 2. The summed E-state index contributed by atoms with van der Waals surface area (Å²) in [5.74, 6) is -4.17. The summed E-state index contributed by atoms with van der Waals surface area (Å²) in [7, 11) is 1.92. The van der Waals surface area contributed by atoms with E-state index in [9.17, 15) is 27.6 Å². The Bertz CT molecular complexity index is 3230. The molecule has 8 aliphatic rings. The summed E-state index contributed by atoms with van der Waals surface area (Å²) in [6.45, 7) is 8.55. The summed E-state index contributed by atoms with van der Waals surface area (Å²) < 4.78 is 122. The molecule has 4 amide bonds. The zero-order valence-electron chi connectivity index (χ0n) is 45.1. The Labute approximate surface area is 457 Å². The predicted molar refractivity (Wildman–Crippen MR) is 274 cm³/mol. The normalized spacial score (nSPS) is 26.1. The second-order valence-electron chi connectivity index (χ2n) is 23.8. The van der Waals surface area contributed by atoms with E-state index in [-0.39, 0.29) is 95.0 Å². The molecular formula is C57H63F8N11O4. The van der Waals surface area contributed by atoms with Gasteiger partial charge in [-0.15, -0.1) is 0 Å². The van der Waals surface area contributed by atoms with Gasteiger partial charge < -0.3 is 35.1 Å². The summed E-state index contributed by atoms with van der Waals surface area (Å²) in [6, 6.07) is 2.34. The number of aromatic nitrogens is 4. The highest BCUT2D eigenvalue weighted by molar-refractivity contribution is 5.96. The molecule has 3 saturated carbocycles. The third-order valence-electron chi connectivity index (χ3n) is 18.3. The van der Waals surface area contributed by atoms with Crippen LogP contribution in [0.5, 0.6) is 0 Å². The molecule has 2 aromatic carbocycles. The van der Waals surface area contributed by atoms with Gasteiger partial charge in [-0.25, -0.2) is 28.7 Å². The van der Waals surface area contributed by atoms with E-state index in [1.165, 1.54) is 39.0 Å². The van der Waals surface area contributed by atoms with Crippen LogP contribution in [0.2, 0.25) is 0 Å². The van der Waals surface area contributed by atoms with Gasteiger partial charge in [0, 0.05) is 78.8 Å². The Kier molecular flexibility index (Phi) is 13.1. The molecule has 426 valence electrons. The maximum atomic E-state index is 17.5. The van der Waals surface area contributed by atoms with Crippen LogP contribution in [0, 0.1) is 37.3 Å². The average molecular weight is 1120 g/mol. The van der Waals surface area contributed by atoms with E-state index in [1.807, 2.05) is 16.8 Å². The van der Waals surface area contributed by atoms with Gasteiger partial charge in [0.05, 0.1) is 59.1 Å². The van der Waals surface area contributed by atoms with Crippen molar-refractivity contribution in [3.05, 3.63) is 104 Å². The van der Waals surface area contributed by atoms with Crippen LogP contribution in [0.15, 0.2) is 30.3 Å². The van der Waals surface area contributed by atoms with Crippen LogP contribution >= 0.6 is 0 Å². The molecule has 4 aromatic rings. The van der Waals surface area contributed by atoms with Crippen LogP contribution in [0.4, 0.5) is 46.8 Å². The predicted octanol–water partition coefficient (Wildman–Crippen LogP) is 8.64. The van der Waals surface area contributed by atoms with Crippen LogP contribution in [0.1, 0.15) is 152 Å². The number of nitrogens with zero attached hydrogens (tertiary/aromatic N) is 9. The van der Waals surface area contributed by atoms with Gasteiger partial charge >= 0.3 is 12.4 Å². The number of likely N-dealkylation sites (N-methyl/N-ethyl adjacent to an activating group) is 1. The van der Waals surface area contributed by atoms with E-state index >= 15 is 26.7 Å². The van der Waals surface area contributed by atoms with E-state index in [1.54, 1.807) is 21.6 Å². The summed E-state index contributed by atoms with van der Waals surface area (Å²) in [4.78, 5) is 84.3. The van der Waals surface area contributed by atoms with Gasteiger partial charge in [-0.05, 0) is 111 Å². The second kappa shape index (κ2) is 19.3. The molecule has 23 heteroatoms. The third-order valence-corrected chi connectivity index (χ3v) is 18.3. The molecule has 15 nitrogen and oxygen atoms in total.